The number of rotatable bonds is 5. The first-order chi connectivity index (χ1) is 7.85. The monoisotopic (exact) mass is 218 g/mol. The van der Waals surface area contributed by atoms with Crippen LogP contribution in [0.15, 0.2) is 18.5 Å². The molecule has 2 aromatic rings. The predicted molar refractivity (Wildman–Crippen MR) is 65.2 cm³/mol. The number of hydrogen-bond donors (Lipinski definition) is 1. The lowest BCUT2D eigenvalue weighted by atomic mass is 10.2. The zero-order chi connectivity index (χ0) is 11.4. The Labute approximate surface area is 95.7 Å². The van der Waals surface area contributed by atoms with E-state index in [1.165, 1.54) is 5.56 Å². The number of fused-ring (bicyclic) bond motifs is 1. The van der Waals surface area contributed by atoms with Crippen molar-refractivity contribution in [3.8, 4) is 0 Å². The van der Waals surface area contributed by atoms with E-state index in [1.807, 2.05) is 17.1 Å². The molecule has 0 bridgehead atoms. The third-order valence-electron chi connectivity index (χ3n) is 2.59. The molecule has 16 heavy (non-hydrogen) atoms. The Bertz CT molecular complexity index is 461. The van der Waals surface area contributed by atoms with Crippen LogP contribution in [0.3, 0.4) is 0 Å². The van der Waals surface area contributed by atoms with Gasteiger partial charge >= 0.3 is 0 Å². The van der Waals surface area contributed by atoms with Crippen molar-refractivity contribution in [1.82, 2.24) is 20.1 Å². The molecule has 0 fully saturated rings. The van der Waals surface area contributed by atoms with Gasteiger partial charge in [0.25, 0.3) is 0 Å². The Hall–Kier alpha value is -1.42. The van der Waals surface area contributed by atoms with E-state index in [1.54, 1.807) is 0 Å². The summed E-state index contributed by atoms with van der Waals surface area (Å²) in [5, 5.41) is 8.78. The summed E-state index contributed by atoms with van der Waals surface area (Å²) in [6.45, 7) is 7.04. The normalized spacial score (nSPS) is 11.1. The molecular weight excluding hydrogens is 200 g/mol. The van der Waals surface area contributed by atoms with Gasteiger partial charge in [-0.3, -0.25) is 0 Å². The summed E-state index contributed by atoms with van der Waals surface area (Å²) < 4.78 is 1.92. The van der Waals surface area contributed by atoms with E-state index in [-0.39, 0.29) is 0 Å². The van der Waals surface area contributed by atoms with Crippen LogP contribution in [0, 0.1) is 0 Å². The SMILES string of the molecule is CCCNCc1cnc2c(cnn2CC)c1. The van der Waals surface area contributed by atoms with Gasteiger partial charge in [-0.25, -0.2) is 9.67 Å². The quantitative estimate of drug-likeness (QED) is 0.780. The zero-order valence-corrected chi connectivity index (χ0v) is 9.90. The van der Waals surface area contributed by atoms with Gasteiger partial charge in [-0.1, -0.05) is 6.92 Å². The predicted octanol–water partition coefficient (Wildman–Crippen LogP) is 1.95. The van der Waals surface area contributed by atoms with Crippen LogP contribution in [-0.2, 0) is 13.1 Å². The minimum Gasteiger partial charge on any atom is -0.313 e. The molecule has 2 heterocycles. The van der Waals surface area contributed by atoms with Crippen molar-refractivity contribution in [3.63, 3.8) is 0 Å². The average Bonchev–Trinajstić information content (AvgIpc) is 2.71. The molecule has 0 spiro atoms. The maximum atomic E-state index is 4.45. The fourth-order valence-electron chi connectivity index (χ4n) is 1.75. The molecule has 0 aliphatic rings. The van der Waals surface area contributed by atoms with Gasteiger partial charge in [-0.05, 0) is 31.5 Å². The Balaban J connectivity index is 2.17. The molecule has 1 N–H and O–H groups in total. The van der Waals surface area contributed by atoms with Gasteiger partial charge in [0, 0.05) is 24.7 Å². The highest BCUT2D eigenvalue weighted by atomic mass is 15.3. The van der Waals surface area contributed by atoms with Crippen LogP contribution in [0.25, 0.3) is 11.0 Å². The van der Waals surface area contributed by atoms with Crippen molar-refractivity contribution >= 4 is 11.0 Å². The highest BCUT2D eigenvalue weighted by molar-refractivity contribution is 5.74. The van der Waals surface area contributed by atoms with E-state index in [9.17, 15) is 0 Å². The van der Waals surface area contributed by atoms with Gasteiger partial charge in [0.1, 0.15) is 0 Å². The molecule has 0 atom stereocenters. The Morgan fingerprint density at radius 2 is 2.19 bits per heavy atom. The number of nitrogens with one attached hydrogen (secondary N) is 1. The third kappa shape index (κ3) is 2.22. The van der Waals surface area contributed by atoms with Gasteiger partial charge in [0.2, 0.25) is 0 Å². The van der Waals surface area contributed by atoms with E-state index in [4.69, 9.17) is 0 Å². The number of aromatic nitrogens is 3. The van der Waals surface area contributed by atoms with Crippen molar-refractivity contribution < 1.29 is 0 Å². The molecule has 0 unspecified atom stereocenters. The van der Waals surface area contributed by atoms with Crippen LogP contribution in [0.1, 0.15) is 25.8 Å². The van der Waals surface area contributed by atoms with Crippen LogP contribution >= 0.6 is 0 Å². The zero-order valence-electron chi connectivity index (χ0n) is 9.90. The molecule has 0 saturated heterocycles. The minimum atomic E-state index is 0.865. The molecule has 0 saturated carbocycles. The molecule has 0 aliphatic carbocycles. The number of aryl methyl sites for hydroxylation is 1. The van der Waals surface area contributed by atoms with Crippen LogP contribution in [0.4, 0.5) is 0 Å². The molecule has 2 rings (SSSR count). The second kappa shape index (κ2) is 5.07. The molecule has 0 aromatic carbocycles. The molecule has 0 amide bonds. The lowest BCUT2D eigenvalue weighted by Gasteiger charge is -2.03. The van der Waals surface area contributed by atoms with Gasteiger partial charge < -0.3 is 5.32 Å². The van der Waals surface area contributed by atoms with Crippen LogP contribution in [0.5, 0.6) is 0 Å². The minimum absolute atomic E-state index is 0.865. The Kier molecular flexibility index (Phi) is 3.51. The van der Waals surface area contributed by atoms with E-state index in [2.05, 4.69) is 35.3 Å². The summed E-state index contributed by atoms with van der Waals surface area (Å²) in [5.74, 6) is 0. The second-order valence-corrected chi connectivity index (χ2v) is 3.89. The molecule has 4 heteroatoms. The summed E-state index contributed by atoms with van der Waals surface area (Å²) in [4.78, 5) is 4.45. The van der Waals surface area contributed by atoms with Crippen molar-refractivity contribution in [2.45, 2.75) is 33.4 Å². The fraction of sp³-hybridized carbons (Fsp3) is 0.500. The van der Waals surface area contributed by atoms with Gasteiger partial charge in [0.05, 0.1) is 6.20 Å². The average molecular weight is 218 g/mol. The van der Waals surface area contributed by atoms with E-state index in [0.717, 1.165) is 37.1 Å². The van der Waals surface area contributed by atoms with Crippen LogP contribution in [-0.4, -0.2) is 21.3 Å². The van der Waals surface area contributed by atoms with Crippen LogP contribution < -0.4 is 5.32 Å². The van der Waals surface area contributed by atoms with E-state index in [0.29, 0.717) is 0 Å². The maximum Gasteiger partial charge on any atom is 0.157 e. The lowest BCUT2D eigenvalue weighted by molar-refractivity contribution is 0.670. The highest BCUT2D eigenvalue weighted by Crippen LogP contribution is 2.12. The van der Waals surface area contributed by atoms with Crippen molar-refractivity contribution in [1.29, 1.82) is 0 Å². The number of pyridine rings is 1. The topological polar surface area (TPSA) is 42.7 Å². The highest BCUT2D eigenvalue weighted by Gasteiger charge is 2.03. The third-order valence-corrected chi connectivity index (χ3v) is 2.59. The van der Waals surface area contributed by atoms with Crippen molar-refractivity contribution in [3.05, 3.63) is 24.0 Å². The summed E-state index contributed by atoms with van der Waals surface area (Å²) in [7, 11) is 0. The number of hydrogen-bond acceptors (Lipinski definition) is 3. The maximum absolute atomic E-state index is 4.45. The summed E-state index contributed by atoms with van der Waals surface area (Å²) in [6, 6.07) is 2.16. The fourth-order valence-corrected chi connectivity index (χ4v) is 1.75. The Morgan fingerprint density at radius 3 is 2.94 bits per heavy atom. The summed E-state index contributed by atoms with van der Waals surface area (Å²) in [5.41, 5.74) is 2.19. The van der Waals surface area contributed by atoms with Crippen molar-refractivity contribution in [2.75, 3.05) is 6.54 Å². The molecule has 4 nitrogen and oxygen atoms in total. The first-order valence-electron chi connectivity index (χ1n) is 5.86. The van der Waals surface area contributed by atoms with Gasteiger partial charge in [-0.2, -0.15) is 5.10 Å². The first kappa shape index (κ1) is 11.1. The molecule has 86 valence electrons. The van der Waals surface area contributed by atoms with E-state index >= 15 is 0 Å². The molecule has 2 aromatic heterocycles. The molecule has 0 aliphatic heterocycles. The smallest absolute Gasteiger partial charge is 0.157 e. The lowest BCUT2D eigenvalue weighted by Crippen LogP contribution is -2.13. The van der Waals surface area contributed by atoms with Crippen molar-refractivity contribution in [2.24, 2.45) is 0 Å². The number of nitrogens with zero attached hydrogens (tertiary/aromatic N) is 3. The van der Waals surface area contributed by atoms with Gasteiger partial charge in [-0.15, -0.1) is 0 Å². The van der Waals surface area contributed by atoms with Gasteiger partial charge in [0.15, 0.2) is 5.65 Å². The second-order valence-electron chi connectivity index (χ2n) is 3.89. The summed E-state index contributed by atoms with van der Waals surface area (Å²) in [6.07, 6.45) is 4.97. The molecular formula is C12H18N4. The Morgan fingerprint density at radius 1 is 1.31 bits per heavy atom. The standard InChI is InChI=1S/C12H18N4/c1-3-5-13-7-10-6-11-9-15-16(4-2)12(11)14-8-10/h6,8-9,13H,3-5,7H2,1-2H3. The largest absolute Gasteiger partial charge is 0.313 e. The first-order valence-corrected chi connectivity index (χ1v) is 5.86. The summed E-state index contributed by atoms with van der Waals surface area (Å²) >= 11 is 0. The van der Waals surface area contributed by atoms with E-state index < -0.39 is 0 Å². The molecule has 0 radical (unpaired) electrons. The van der Waals surface area contributed by atoms with Crippen LogP contribution in [0.2, 0.25) is 0 Å².